The molecule has 1 heterocycles. The van der Waals surface area contributed by atoms with Gasteiger partial charge >= 0.3 is 5.97 Å². The lowest BCUT2D eigenvalue weighted by atomic mass is 10.1. The van der Waals surface area contributed by atoms with E-state index < -0.39 is 11.9 Å². The lowest BCUT2D eigenvalue weighted by Gasteiger charge is -2.14. The second-order valence-electron chi connectivity index (χ2n) is 5.31. The molecule has 0 fully saturated rings. The standard InChI is InChI=1S/C19H21NO6S/c1-23-15-8-14(9-16(24-2)19(15)25-3)10-20-17(21)11-26-18(22)5-4-13-6-7-27-12-13/h4-9,12H,10-11H2,1-3H3,(H,20,21)/b5-4+. The minimum Gasteiger partial charge on any atom is -0.493 e. The third kappa shape index (κ3) is 6.03. The molecule has 0 spiro atoms. The zero-order valence-electron chi connectivity index (χ0n) is 15.3. The molecule has 2 rings (SSSR count). The highest BCUT2D eigenvalue weighted by molar-refractivity contribution is 7.08. The summed E-state index contributed by atoms with van der Waals surface area (Å²) in [5, 5.41) is 6.47. The average Bonchev–Trinajstić information content (AvgIpc) is 3.21. The van der Waals surface area contributed by atoms with Crippen LogP contribution in [0.4, 0.5) is 0 Å². The molecule has 1 N–H and O–H groups in total. The van der Waals surface area contributed by atoms with Crippen LogP contribution in [-0.4, -0.2) is 39.8 Å². The predicted molar refractivity (Wildman–Crippen MR) is 102 cm³/mol. The number of rotatable bonds is 9. The van der Waals surface area contributed by atoms with Gasteiger partial charge in [0.2, 0.25) is 5.75 Å². The van der Waals surface area contributed by atoms with Gasteiger partial charge in [-0.1, -0.05) is 0 Å². The van der Waals surface area contributed by atoms with Gasteiger partial charge in [0.25, 0.3) is 5.91 Å². The number of hydrogen-bond acceptors (Lipinski definition) is 7. The van der Waals surface area contributed by atoms with Gasteiger partial charge in [-0.25, -0.2) is 4.79 Å². The number of carbonyl (C=O) groups is 2. The second kappa shape index (κ2) is 10.2. The van der Waals surface area contributed by atoms with Crippen molar-refractivity contribution in [2.24, 2.45) is 0 Å². The van der Waals surface area contributed by atoms with Gasteiger partial charge in [0.1, 0.15) is 0 Å². The minimum absolute atomic E-state index is 0.220. The van der Waals surface area contributed by atoms with Crippen molar-refractivity contribution in [2.45, 2.75) is 6.54 Å². The van der Waals surface area contributed by atoms with Crippen LogP contribution in [0.5, 0.6) is 17.2 Å². The topological polar surface area (TPSA) is 83.1 Å². The number of nitrogens with one attached hydrogen (secondary N) is 1. The molecular weight excluding hydrogens is 370 g/mol. The van der Waals surface area contributed by atoms with Crippen LogP contribution in [0.25, 0.3) is 6.08 Å². The fraction of sp³-hybridized carbons (Fsp3) is 0.263. The number of ether oxygens (including phenoxy) is 4. The SMILES string of the molecule is COc1cc(CNC(=O)COC(=O)/C=C/c2ccsc2)cc(OC)c1OC. The fourth-order valence-corrected chi connectivity index (χ4v) is 2.84. The van der Waals surface area contributed by atoms with Crippen LogP contribution < -0.4 is 19.5 Å². The van der Waals surface area contributed by atoms with E-state index in [1.165, 1.54) is 38.7 Å². The van der Waals surface area contributed by atoms with E-state index in [9.17, 15) is 9.59 Å². The first-order valence-corrected chi connectivity index (χ1v) is 8.94. The molecule has 144 valence electrons. The molecule has 7 nitrogen and oxygen atoms in total. The van der Waals surface area contributed by atoms with E-state index in [1.54, 1.807) is 18.2 Å². The Balaban J connectivity index is 1.85. The first kappa shape index (κ1) is 20.3. The predicted octanol–water partition coefficient (Wildman–Crippen LogP) is 2.65. The first-order chi connectivity index (χ1) is 13.1. The van der Waals surface area contributed by atoms with E-state index in [1.807, 2.05) is 16.8 Å². The summed E-state index contributed by atoms with van der Waals surface area (Å²) < 4.78 is 20.7. The molecule has 0 aliphatic heterocycles. The van der Waals surface area contributed by atoms with Crippen LogP contribution in [0.1, 0.15) is 11.1 Å². The van der Waals surface area contributed by atoms with Crippen LogP contribution >= 0.6 is 11.3 Å². The summed E-state index contributed by atoms with van der Waals surface area (Å²) in [5.41, 5.74) is 1.66. The molecule has 0 radical (unpaired) electrons. The zero-order chi connectivity index (χ0) is 19.6. The fourth-order valence-electron chi connectivity index (χ4n) is 2.21. The first-order valence-electron chi connectivity index (χ1n) is 8.00. The minimum atomic E-state index is -0.580. The van der Waals surface area contributed by atoms with Crippen molar-refractivity contribution in [3.8, 4) is 17.2 Å². The van der Waals surface area contributed by atoms with E-state index >= 15 is 0 Å². The monoisotopic (exact) mass is 391 g/mol. The van der Waals surface area contributed by atoms with Gasteiger partial charge < -0.3 is 24.3 Å². The smallest absolute Gasteiger partial charge is 0.331 e. The van der Waals surface area contributed by atoms with E-state index in [0.717, 1.165) is 11.1 Å². The number of esters is 1. The van der Waals surface area contributed by atoms with Crippen LogP contribution in [0.2, 0.25) is 0 Å². The summed E-state index contributed by atoms with van der Waals surface area (Å²) in [6.45, 7) is -0.144. The lowest BCUT2D eigenvalue weighted by molar-refractivity contribution is -0.143. The van der Waals surface area contributed by atoms with Crippen molar-refractivity contribution in [2.75, 3.05) is 27.9 Å². The van der Waals surface area contributed by atoms with Crippen molar-refractivity contribution in [1.82, 2.24) is 5.32 Å². The molecule has 0 saturated heterocycles. The van der Waals surface area contributed by atoms with Crippen LogP contribution in [0, 0.1) is 0 Å². The summed E-state index contributed by atoms with van der Waals surface area (Å²) in [5.74, 6) is 0.462. The van der Waals surface area contributed by atoms with Crippen LogP contribution in [0.15, 0.2) is 35.0 Å². The van der Waals surface area contributed by atoms with Crippen LogP contribution in [0.3, 0.4) is 0 Å². The van der Waals surface area contributed by atoms with Crippen molar-refractivity contribution >= 4 is 29.3 Å². The van der Waals surface area contributed by atoms with Gasteiger partial charge in [0, 0.05) is 12.6 Å². The van der Waals surface area contributed by atoms with Gasteiger partial charge in [-0.05, 0) is 46.2 Å². The highest BCUT2D eigenvalue weighted by Gasteiger charge is 2.13. The maximum Gasteiger partial charge on any atom is 0.331 e. The summed E-state index contributed by atoms with van der Waals surface area (Å²) >= 11 is 1.53. The Bertz CT molecular complexity index is 776. The van der Waals surface area contributed by atoms with Crippen molar-refractivity contribution in [1.29, 1.82) is 0 Å². The second-order valence-corrected chi connectivity index (χ2v) is 6.09. The molecule has 27 heavy (non-hydrogen) atoms. The molecule has 0 bridgehead atoms. The van der Waals surface area contributed by atoms with Crippen molar-refractivity contribution in [3.05, 3.63) is 46.2 Å². The largest absolute Gasteiger partial charge is 0.493 e. The molecule has 0 saturated carbocycles. The number of thiophene rings is 1. The summed E-state index contributed by atoms with van der Waals surface area (Å²) in [6.07, 6.45) is 2.92. The Morgan fingerprint density at radius 3 is 2.37 bits per heavy atom. The third-order valence-electron chi connectivity index (χ3n) is 3.51. The molecule has 0 aliphatic carbocycles. The quantitative estimate of drug-likeness (QED) is 0.523. The Morgan fingerprint density at radius 2 is 1.81 bits per heavy atom. The Morgan fingerprint density at radius 1 is 1.11 bits per heavy atom. The number of hydrogen-bond donors (Lipinski definition) is 1. The molecule has 0 aliphatic rings. The molecule has 1 aromatic carbocycles. The number of benzene rings is 1. The molecule has 2 aromatic rings. The Kier molecular flexibility index (Phi) is 7.69. The number of amides is 1. The van der Waals surface area contributed by atoms with Gasteiger partial charge in [0.15, 0.2) is 18.1 Å². The Hall–Kier alpha value is -3.00. The summed E-state index contributed by atoms with van der Waals surface area (Å²) in [6, 6.07) is 5.34. The summed E-state index contributed by atoms with van der Waals surface area (Å²) in [4.78, 5) is 23.5. The molecule has 1 aromatic heterocycles. The average molecular weight is 391 g/mol. The Labute approximate surface area is 161 Å². The van der Waals surface area contributed by atoms with E-state index in [0.29, 0.717) is 17.2 Å². The van der Waals surface area contributed by atoms with E-state index in [4.69, 9.17) is 18.9 Å². The normalized spacial score (nSPS) is 10.5. The third-order valence-corrected chi connectivity index (χ3v) is 4.22. The van der Waals surface area contributed by atoms with Gasteiger partial charge in [-0.2, -0.15) is 11.3 Å². The highest BCUT2D eigenvalue weighted by atomic mass is 32.1. The maximum atomic E-state index is 11.9. The molecular formula is C19H21NO6S. The summed E-state index contributed by atoms with van der Waals surface area (Å²) in [7, 11) is 4.55. The van der Waals surface area contributed by atoms with Crippen LogP contribution in [-0.2, 0) is 20.9 Å². The van der Waals surface area contributed by atoms with Gasteiger partial charge in [-0.15, -0.1) is 0 Å². The lowest BCUT2D eigenvalue weighted by Crippen LogP contribution is -2.28. The molecule has 0 unspecified atom stereocenters. The van der Waals surface area contributed by atoms with Gasteiger partial charge in [-0.3, -0.25) is 4.79 Å². The molecule has 8 heteroatoms. The zero-order valence-corrected chi connectivity index (χ0v) is 16.1. The molecule has 0 atom stereocenters. The van der Waals surface area contributed by atoms with E-state index in [2.05, 4.69) is 5.32 Å². The van der Waals surface area contributed by atoms with Crippen molar-refractivity contribution in [3.63, 3.8) is 0 Å². The van der Waals surface area contributed by atoms with Crippen molar-refractivity contribution < 1.29 is 28.5 Å². The molecule has 1 amide bonds. The number of methoxy groups -OCH3 is 3. The highest BCUT2D eigenvalue weighted by Crippen LogP contribution is 2.38. The van der Waals surface area contributed by atoms with Gasteiger partial charge in [0.05, 0.1) is 21.3 Å². The van der Waals surface area contributed by atoms with E-state index in [-0.39, 0.29) is 13.2 Å². The maximum absolute atomic E-state index is 11.9. The number of carbonyl (C=O) groups excluding carboxylic acids is 2.